The van der Waals surface area contributed by atoms with Gasteiger partial charge < -0.3 is 24.4 Å². The number of ether oxygens (including phenoxy) is 2. The molecule has 3 saturated heterocycles. The summed E-state index contributed by atoms with van der Waals surface area (Å²) in [7, 11) is 0. The first-order valence-corrected chi connectivity index (χ1v) is 15.1. The van der Waals surface area contributed by atoms with Gasteiger partial charge in [-0.3, -0.25) is 14.4 Å². The molecule has 41 heavy (non-hydrogen) atoms. The fourth-order valence-corrected chi connectivity index (χ4v) is 8.18. The Morgan fingerprint density at radius 1 is 1.20 bits per heavy atom. The van der Waals surface area contributed by atoms with Crippen LogP contribution in [0.2, 0.25) is 0 Å². The first-order valence-electron chi connectivity index (χ1n) is 15.1. The van der Waals surface area contributed by atoms with E-state index in [9.17, 15) is 19.5 Å². The number of carbonyl (C=O) groups excluding carboxylic acids is 3. The van der Waals surface area contributed by atoms with Gasteiger partial charge in [-0.1, -0.05) is 75.2 Å². The number of aliphatic hydroxyl groups is 1. The van der Waals surface area contributed by atoms with Crippen LogP contribution in [0.15, 0.2) is 55.6 Å². The van der Waals surface area contributed by atoms with Gasteiger partial charge in [-0.15, -0.1) is 6.58 Å². The predicted molar refractivity (Wildman–Crippen MR) is 155 cm³/mol. The molecule has 1 N–H and O–H groups in total. The monoisotopic (exact) mass is 564 g/mol. The third kappa shape index (κ3) is 4.83. The van der Waals surface area contributed by atoms with E-state index in [1.165, 1.54) is 6.08 Å². The maximum atomic E-state index is 14.8. The first-order chi connectivity index (χ1) is 19.7. The zero-order valence-corrected chi connectivity index (χ0v) is 24.4. The van der Waals surface area contributed by atoms with E-state index in [-0.39, 0.29) is 37.0 Å². The van der Waals surface area contributed by atoms with Gasteiger partial charge in [0.15, 0.2) is 0 Å². The summed E-state index contributed by atoms with van der Waals surface area (Å²) in [6.07, 6.45) is 9.11. The van der Waals surface area contributed by atoms with Crippen molar-refractivity contribution in [2.24, 2.45) is 17.8 Å². The lowest BCUT2D eigenvalue weighted by Crippen LogP contribution is -2.60. The highest BCUT2D eigenvalue weighted by molar-refractivity contribution is 5.99. The van der Waals surface area contributed by atoms with Crippen molar-refractivity contribution < 1.29 is 29.0 Å². The second-order valence-corrected chi connectivity index (χ2v) is 12.5. The molecule has 5 rings (SSSR count). The minimum Gasteiger partial charge on any atom is -0.461 e. The van der Waals surface area contributed by atoms with Gasteiger partial charge in [0.2, 0.25) is 11.8 Å². The average Bonchev–Trinajstić information content (AvgIpc) is 3.50. The molecule has 1 aliphatic carbocycles. The van der Waals surface area contributed by atoms with Crippen molar-refractivity contribution >= 4 is 17.8 Å². The number of likely N-dealkylation sites (tertiary alicyclic amines) is 1. The van der Waals surface area contributed by atoms with Crippen LogP contribution in [-0.2, 0) is 30.3 Å². The summed E-state index contributed by atoms with van der Waals surface area (Å²) in [6.45, 7) is 11.5. The minimum absolute atomic E-state index is 0.0296. The van der Waals surface area contributed by atoms with Crippen LogP contribution in [0.1, 0.15) is 57.9 Å². The van der Waals surface area contributed by atoms with Crippen molar-refractivity contribution in [2.45, 2.75) is 88.1 Å². The number of rotatable bonds is 11. The Balaban J connectivity index is 1.61. The topological polar surface area (TPSA) is 96.4 Å². The normalized spacial score (nSPS) is 33.3. The molecule has 1 saturated carbocycles. The number of fused-ring (bicyclic) bond motifs is 1. The number of benzene rings is 1. The molecule has 1 aromatic rings. The van der Waals surface area contributed by atoms with Gasteiger partial charge >= 0.3 is 5.97 Å². The van der Waals surface area contributed by atoms with Gasteiger partial charge in [0, 0.05) is 12.6 Å². The Morgan fingerprint density at radius 2 is 1.90 bits per heavy atom. The summed E-state index contributed by atoms with van der Waals surface area (Å²) in [5.41, 5.74) is -1.20. The lowest BCUT2D eigenvalue weighted by atomic mass is 9.62. The number of hydrogen-bond donors (Lipinski definition) is 1. The molecule has 222 valence electrons. The molecule has 1 aromatic carbocycles. The molecule has 7 atom stereocenters. The zero-order valence-electron chi connectivity index (χ0n) is 24.4. The Hall–Kier alpha value is -2.97. The van der Waals surface area contributed by atoms with Gasteiger partial charge in [0.1, 0.15) is 24.2 Å². The second kappa shape index (κ2) is 11.7. The van der Waals surface area contributed by atoms with Crippen molar-refractivity contribution in [3.63, 3.8) is 0 Å². The molecular formula is C33H44N2O6. The van der Waals surface area contributed by atoms with E-state index in [1.54, 1.807) is 11.0 Å². The van der Waals surface area contributed by atoms with Crippen molar-refractivity contribution in [1.29, 1.82) is 0 Å². The number of aliphatic hydroxyl groups excluding tert-OH is 1. The van der Waals surface area contributed by atoms with Gasteiger partial charge in [-0.2, -0.15) is 0 Å². The first kappa shape index (κ1) is 29.5. The van der Waals surface area contributed by atoms with E-state index < -0.39 is 41.1 Å². The summed E-state index contributed by atoms with van der Waals surface area (Å²) in [5, 5.41) is 10.7. The van der Waals surface area contributed by atoms with Crippen molar-refractivity contribution in [1.82, 2.24) is 9.80 Å². The lowest BCUT2D eigenvalue weighted by molar-refractivity contribution is -0.163. The molecule has 1 spiro atoms. The molecule has 3 unspecified atom stereocenters. The Morgan fingerprint density at radius 3 is 2.54 bits per heavy atom. The zero-order chi connectivity index (χ0) is 29.4. The summed E-state index contributed by atoms with van der Waals surface area (Å²) in [5.74, 6) is -2.85. The van der Waals surface area contributed by atoms with Crippen molar-refractivity contribution in [3.8, 4) is 0 Å². The lowest BCUT2D eigenvalue weighted by Gasteiger charge is -2.42. The van der Waals surface area contributed by atoms with Crippen molar-refractivity contribution in [2.75, 3.05) is 19.8 Å². The van der Waals surface area contributed by atoms with E-state index in [0.29, 0.717) is 19.4 Å². The molecule has 0 aromatic heterocycles. The Bertz CT molecular complexity index is 1170. The maximum absolute atomic E-state index is 14.8. The van der Waals surface area contributed by atoms with Crippen LogP contribution >= 0.6 is 0 Å². The molecule has 3 aliphatic heterocycles. The number of esters is 1. The molecule has 8 nitrogen and oxygen atoms in total. The average molecular weight is 565 g/mol. The molecule has 4 fully saturated rings. The van der Waals surface area contributed by atoms with Crippen molar-refractivity contribution in [3.05, 3.63) is 61.2 Å². The third-order valence-corrected chi connectivity index (χ3v) is 10.1. The number of nitrogens with zero attached hydrogens (tertiary/aromatic N) is 2. The van der Waals surface area contributed by atoms with Crippen LogP contribution in [0, 0.1) is 17.8 Å². The molecule has 0 radical (unpaired) electrons. The number of amides is 2. The van der Waals surface area contributed by atoms with Crippen LogP contribution in [0.5, 0.6) is 0 Å². The van der Waals surface area contributed by atoms with Gasteiger partial charge in [-0.25, -0.2) is 0 Å². The molecule has 4 aliphatic rings. The van der Waals surface area contributed by atoms with Crippen LogP contribution < -0.4 is 0 Å². The summed E-state index contributed by atoms with van der Waals surface area (Å²) < 4.78 is 12.4. The summed E-state index contributed by atoms with van der Waals surface area (Å²) in [6, 6.07) is 8.06. The van der Waals surface area contributed by atoms with Crippen LogP contribution in [0.3, 0.4) is 0 Å². The second-order valence-electron chi connectivity index (χ2n) is 12.5. The highest BCUT2D eigenvalue weighted by Gasteiger charge is 2.80. The van der Waals surface area contributed by atoms with E-state index in [4.69, 9.17) is 9.47 Å². The Kier molecular flexibility index (Phi) is 8.44. The van der Waals surface area contributed by atoms with Gasteiger partial charge in [-0.05, 0) is 44.1 Å². The van der Waals surface area contributed by atoms with Crippen LogP contribution in [-0.4, -0.2) is 81.8 Å². The van der Waals surface area contributed by atoms with Gasteiger partial charge in [0.05, 0.1) is 24.2 Å². The predicted octanol–water partition coefficient (Wildman–Crippen LogP) is 3.68. The van der Waals surface area contributed by atoms with Crippen LogP contribution in [0.25, 0.3) is 0 Å². The number of carbonyl (C=O) groups is 3. The molecule has 8 heteroatoms. The van der Waals surface area contributed by atoms with Gasteiger partial charge in [0.25, 0.3) is 0 Å². The summed E-state index contributed by atoms with van der Waals surface area (Å²) in [4.78, 5) is 46.4. The van der Waals surface area contributed by atoms with E-state index in [1.807, 2.05) is 49.1 Å². The molecule has 3 heterocycles. The standard InChI is InChI=1S/C33H44N2O6/c1-5-17-34(24-15-11-8-12-16-24)30(38)28-33-20-22(3)32(4,41-33)27(31(39)40-18-6-2)26(33)29(37)35(28)25(21-36)19-23-13-9-7-10-14-23/h5-7,9-10,13-14,22,24-28,36H,1-2,8,11-12,15-21H2,3-4H3/t22?,25-,26+,27-,28?,32+,33?/m1/s1. The quantitative estimate of drug-likeness (QED) is 0.326. The Labute approximate surface area is 243 Å². The molecule has 2 amide bonds. The summed E-state index contributed by atoms with van der Waals surface area (Å²) >= 11 is 0. The molecular weight excluding hydrogens is 520 g/mol. The highest BCUT2D eigenvalue weighted by atomic mass is 16.6. The largest absolute Gasteiger partial charge is 0.461 e. The maximum Gasteiger partial charge on any atom is 0.313 e. The fourth-order valence-electron chi connectivity index (χ4n) is 8.18. The fraction of sp³-hybridized carbons (Fsp3) is 0.606. The van der Waals surface area contributed by atoms with E-state index in [2.05, 4.69) is 13.2 Å². The van der Waals surface area contributed by atoms with Crippen LogP contribution in [0.4, 0.5) is 0 Å². The van der Waals surface area contributed by atoms with E-state index in [0.717, 1.165) is 37.7 Å². The third-order valence-electron chi connectivity index (χ3n) is 10.1. The highest BCUT2D eigenvalue weighted by Crippen LogP contribution is 2.65. The van der Waals surface area contributed by atoms with E-state index >= 15 is 0 Å². The minimum atomic E-state index is -1.20. The number of hydrogen-bond acceptors (Lipinski definition) is 6. The SMILES string of the molecule is C=CCOC(=O)[C@H]1[C@H]2C(=O)N([C@@H](CO)Cc3ccccc3)C(C(=O)N(CC=C)C3CCCCC3)C23CC(C)[C@]1(C)O3. The smallest absolute Gasteiger partial charge is 0.313 e. The molecule has 2 bridgehead atoms.